The van der Waals surface area contributed by atoms with E-state index in [-0.39, 0.29) is 23.6 Å². The molecule has 1 aliphatic rings. The summed E-state index contributed by atoms with van der Waals surface area (Å²) in [4.78, 5) is 23.4. The number of halogens is 4. The van der Waals surface area contributed by atoms with Crippen LogP contribution in [-0.4, -0.2) is 17.0 Å². The molecule has 0 fully saturated rings. The van der Waals surface area contributed by atoms with Crippen LogP contribution >= 0.6 is 11.6 Å². The van der Waals surface area contributed by atoms with Crippen molar-refractivity contribution in [3.05, 3.63) is 40.9 Å². The minimum Gasteiger partial charge on any atom is -0.481 e. The summed E-state index contributed by atoms with van der Waals surface area (Å²) in [5.41, 5.74) is -0.909. The van der Waals surface area contributed by atoms with Crippen molar-refractivity contribution in [1.29, 1.82) is 0 Å². The molecule has 0 saturated carbocycles. The SMILES string of the molecule is O=C(O)[C@H]1CC=CC[C@@H]1C(=O)Nc1ccc(C(F)(F)F)cc1Cl. The van der Waals surface area contributed by atoms with Crippen molar-refractivity contribution in [2.45, 2.75) is 19.0 Å². The topological polar surface area (TPSA) is 66.4 Å². The highest BCUT2D eigenvalue weighted by atomic mass is 35.5. The number of carboxylic acids is 1. The predicted molar refractivity (Wildman–Crippen MR) is 78.1 cm³/mol. The molecule has 1 aromatic carbocycles. The summed E-state index contributed by atoms with van der Waals surface area (Å²) in [7, 11) is 0. The van der Waals surface area contributed by atoms with Gasteiger partial charge in [0.15, 0.2) is 0 Å². The quantitative estimate of drug-likeness (QED) is 0.813. The summed E-state index contributed by atoms with van der Waals surface area (Å²) in [6.07, 6.45) is -0.657. The zero-order chi connectivity index (χ0) is 17.2. The number of nitrogens with one attached hydrogen (secondary N) is 1. The lowest BCUT2D eigenvalue weighted by atomic mass is 9.82. The van der Waals surface area contributed by atoms with Crippen molar-refractivity contribution >= 4 is 29.2 Å². The van der Waals surface area contributed by atoms with E-state index in [1.54, 1.807) is 12.2 Å². The van der Waals surface area contributed by atoms with Gasteiger partial charge in [-0.3, -0.25) is 9.59 Å². The third-order valence-corrected chi connectivity index (χ3v) is 3.95. The van der Waals surface area contributed by atoms with Gasteiger partial charge in [-0.25, -0.2) is 0 Å². The highest BCUT2D eigenvalue weighted by molar-refractivity contribution is 6.33. The Bertz CT molecular complexity index is 658. The van der Waals surface area contributed by atoms with Crippen molar-refractivity contribution in [2.75, 3.05) is 5.32 Å². The summed E-state index contributed by atoms with van der Waals surface area (Å²) < 4.78 is 37.7. The highest BCUT2D eigenvalue weighted by Gasteiger charge is 2.35. The van der Waals surface area contributed by atoms with Crippen molar-refractivity contribution < 1.29 is 27.9 Å². The zero-order valence-electron chi connectivity index (χ0n) is 11.7. The van der Waals surface area contributed by atoms with Crippen LogP contribution in [0.25, 0.3) is 0 Å². The molecule has 0 radical (unpaired) electrons. The second-order valence-electron chi connectivity index (χ2n) is 5.18. The molecule has 0 aliphatic heterocycles. The van der Waals surface area contributed by atoms with Crippen LogP contribution in [0.1, 0.15) is 18.4 Å². The number of carbonyl (C=O) groups excluding carboxylic acids is 1. The van der Waals surface area contributed by atoms with Crippen molar-refractivity contribution in [2.24, 2.45) is 11.8 Å². The molecule has 124 valence electrons. The summed E-state index contributed by atoms with van der Waals surface area (Å²) in [6, 6.07) is 2.57. The first-order valence-corrected chi connectivity index (χ1v) is 7.13. The van der Waals surface area contributed by atoms with E-state index in [4.69, 9.17) is 16.7 Å². The van der Waals surface area contributed by atoms with Crippen molar-refractivity contribution in [3.63, 3.8) is 0 Å². The molecule has 0 heterocycles. The standard InChI is InChI=1S/C15H13ClF3NO3/c16-11-7-8(15(17,18)19)5-6-12(11)20-13(21)9-3-1-2-4-10(9)14(22)23/h1-2,5-7,9-10H,3-4H2,(H,20,21)(H,22,23)/t9-,10-/m0/s1. The lowest BCUT2D eigenvalue weighted by molar-refractivity contribution is -0.146. The van der Waals surface area contributed by atoms with E-state index in [9.17, 15) is 22.8 Å². The largest absolute Gasteiger partial charge is 0.481 e. The van der Waals surface area contributed by atoms with Gasteiger partial charge in [0.05, 0.1) is 28.1 Å². The first-order valence-electron chi connectivity index (χ1n) is 6.75. The third kappa shape index (κ3) is 4.04. The van der Waals surface area contributed by atoms with E-state index in [1.165, 1.54) is 0 Å². The van der Waals surface area contributed by atoms with Gasteiger partial charge in [-0.05, 0) is 31.0 Å². The maximum absolute atomic E-state index is 12.6. The number of benzene rings is 1. The Labute approximate surface area is 134 Å². The molecule has 4 nitrogen and oxygen atoms in total. The Kier molecular flexibility index (Phi) is 4.99. The van der Waals surface area contributed by atoms with E-state index >= 15 is 0 Å². The van der Waals surface area contributed by atoms with Gasteiger partial charge in [-0.1, -0.05) is 23.8 Å². The van der Waals surface area contributed by atoms with Gasteiger partial charge in [0.1, 0.15) is 0 Å². The molecular formula is C15H13ClF3NO3. The number of allylic oxidation sites excluding steroid dienone is 2. The van der Waals surface area contributed by atoms with Crippen LogP contribution in [0.4, 0.5) is 18.9 Å². The van der Waals surface area contributed by atoms with Crippen molar-refractivity contribution in [1.82, 2.24) is 0 Å². The average molecular weight is 348 g/mol. The number of hydrogen-bond donors (Lipinski definition) is 2. The van der Waals surface area contributed by atoms with Crippen LogP contribution < -0.4 is 5.32 Å². The fourth-order valence-electron chi connectivity index (χ4n) is 2.40. The number of carboxylic acid groups (broad SMARTS) is 1. The van der Waals surface area contributed by atoms with Gasteiger partial charge >= 0.3 is 12.1 Å². The minimum atomic E-state index is -4.53. The molecule has 2 N–H and O–H groups in total. The smallest absolute Gasteiger partial charge is 0.416 e. The number of hydrogen-bond acceptors (Lipinski definition) is 2. The maximum atomic E-state index is 12.6. The van der Waals surface area contributed by atoms with E-state index < -0.39 is 35.5 Å². The summed E-state index contributed by atoms with van der Waals surface area (Å²) in [5.74, 6) is -3.33. The molecule has 0 saturated heterocycles. The zero-order valence-corrected chi connectivity index (χ0v) is 12.5. The minimum absolute atomic E-state index is 0.0170. The first-order chi connectivity index (χ1) is 10.7. The van der Waals surface area contributed by atoms with Gasteiger partial charge in [0.2, 0.25) is 5.91 Å². The number of aliphatic carboxylic acids is 1. The van der Waals surface area contributed by atoms with Gasteiger partial charge < -0.3 is 10.4 Å². The number of carbonyl (C=O) groups is 2. The normalized spacial score (nSPS) is 21.0. The fraction of sp³-hybridized carbons (Fsp3) is 0.333. The molecule has 0 aromatic heterocycles. The van der Waals surface area contributed by atoms with E-state index in [0.29, 0.717) is 6.07 Å². The lowest BCUT2D eigenvalue weighted by Crippen LogP contribution is -2.34. The molecule has 2 atom stereocenters. The molecule has 2 rings (SSSR count). The fourth-order valence-corrected chi connectivity index (χ4v) is 2.62. The molecular weight excluding hydrogens is 335 g/mol. The molecule has 1 aliphatic carbocycles. The second kappa shape index (κ2) is 6.62. The van der Waals surface area contributed by atoms with Gasteiger partial charge in [0.25, 0.3) is 0 Å². The lowest BCUT2D eigenvalue weighted by Gasteiger charge is -2.24. The Morgan fingerprint density at radius 3 is 2.30 bits per heavy atom. The second-order valence-corrected chi connectivity index (χ2v) is 5.58. The molecule has 1 aromatic rings. The number of rotatable bonds is 3. The van der Waals surface area contributed by atoms with Gasteiger partial charge in [0, 0.05) is 0 Å². The summed E-state index contributed by atoms with van der Waals surface area (Å²) >= 11 is 5.77. The van der Waals surface area contributed by atoms with Crippen LogP contribution in [0, 0.1) is 11.8 Å². The van der Waals surface area contributed by atoms with Crippen LogP contribution in [0.15, 0.2) is 30.4 Å². The Hall–Kier alpha value is -2.02. The predicted octanol–water partition coefficient (Wildman–Crippen LogP) is 3.96. The molecule has 23 heavy (non-hydrogen) atoms. The van der Waals surface area contributed by atoms with Gasteiger partial charge in [-0.15, -0.1) is 0 Å². The first kappa shape index (κ1) is 17.3. The Balaban J connectivity index is 2.17. The van der Waals surface area contributed by atoms with E-state index in [1.807, 2.05) is 0 Å². The van der Waals surface area contributed by atoms with Crippen LogP contribution in [0.3, 0.4) is 0 Å². The Morgan fingerprint density at radius 1 is 1.17 bits per heavy atom. The number of amides is 1. The average Bonchev–Trinajstić information content (AvgIpc) is 2.48. The third-order valence-electron chi connectivity index (χ3n) is 3.64. The summed E-state index contributed by atoms with van der Waals surface area (Å²) in [6.45, 7) is 0. The molecule has 0 bridgehead atoms. The molecule has 0 unspecified atom stereocenters. The van der Waals surface area contributed by atoms with Crippen LogP contribution in [0.2, 0.25) is 5.02 Å². The van der Waals surface area contributed by atoms with Crippen LogP contribution in [0.5, 0.6) is 0 Å². The molecule has 8 heteroatoms. The van der Waals surface area contributed by atoms with Crippen molar-refractivity contribution in [3.8, 4) is 0 Å². The van der Waals surface area contributed by atoms with E-state index in [0.717, 1.165) is 12.1 Å². The highest BCUT2D eigenvalue weighted by Crippen LogP contribution is 2.34. The maximum Gasteiger partial charge on any atom is 0.416 e. The number of alkyl halides is 3. The van der Waals surface area contributed by atoms with E-state index in [2.05, 4.69) is 5.32 Å². The monoisotopic (exact) mass is 347 g/mol. The molecule has 1 amide bonds. The van der Waals surface area contributed by atoms with Crippen LogP contribution in [-0.2, 0) is 15.8 Å². The number of anilines is 1. The molecule has 0 spiro atoms. The Morgan fingerprint density at radius 2 is 1.78 bits per heavy atom. The summed E-state index contributed by atoms with van der Waals surface area (Å²) in [5, 5.41) is 11.3. The van der Waals surface area contributed by atoms with Gasteiger partial charge in [-0.2, -0.15) is 13.2 Å².